The maximum absolute atomic E-state index is 12.7. The van der Waals surface area contributed by atoms with E-state index in [1.54, 1.807) is 19.2 Å². The van der Waals surface area contributed by atoms with Crippen molar-refractivity contribution in [3.8, 4) is 0 Å². The number of fused-ring (bicyclic) bond motifs is 1. The molecule has 1 heterocycles. The molecule has 0 saturated heterocycles. The molecule has 0 aliphatic heterocycles. The van der Waals surface area contributed by atoms with E-state index in [4.69, 9.17) is 4.74 Å². The molecule has 140 valence electrons. The summed E-state index contributed by atoms with van der Waals surface area (Å²) >= 11 is 4.79. The van der Waals surface area contributed by atoms with Crippen LogP contribution in [0.5, 0.6) is 0 Å². The first-order valence-corrected chi connectivity index (χ1v) is 9.84. The number of benzene rings is 2. The first-order valence-electron chi connectivity index (χ1n) is 8.23. The Labute approximate surface area is 168 Å². The Bertz CT molecular complexity index is 1070. The number of aromatic nitrogens is 1. The smallest absolute Gasteiger partial charge is 0.280 e. The highest BCUT2D eigenvalue weighted by Crippen LogP contribution is 2.22. The molecule has 0 saturated carbocycles. The quantitative estimate of drug-likeness (QED) is 0.645. The first kappa shape index (κ1) is 19.5. The van der Waals surface area contributed by atoms with Crippen LogP contribution in [0.15, 0.2) is 51.9 Å². The lowest BCUT2D eigenvalue weighted by Crippen LogP contribution is -2.19. The molecular formula is C19H18BrN3O3S. The minimum Gasteiger partial charge on any atom is -0.383 e. The van der Waals surface area contributed by atoms with Crippen LogP contribution in [0, 0.1) is 0 Å². The normalized spacial score (nSPS) is 11.7. The molecule has 0 bridgehead atoms. The highest BCUT2D eigenvalue weighted by atomic mass is 79.9. The van der Waals surface area contributed by atoms with Gasteiger partial charge in [-0.1, -0.05) is 23.5 Å². The number of anilines is 1. The predicted molar refractivity (Wildman–Crippen MR) is 110 cm³/mol. The van der Waals surface area contributed by atoms with Crippen LogP contribution < -0.4 is 10.1 Å². The lowest BCUT2D eigenvalue weighted by molar-refractivity contribution is -0.114. The van der Waals surface area contributed by atoms with Gasteiger partial charge in [0.2, 0.25) is 5.91 Å². The van der Waals surface area contributed by atoms with Gasteiger partial charge in [0.05, 0.1) is 22.4 Å². The van der Waals surface area contributed by atoms with Gasteiger partial charge in [-0.05, 0) is 46.3 Å². The standard InChI is InChI=1S/C19H18BrN3O3S/c1-12(24)21-13-7-8-16-17(11-13)27-19(23(16)9-10-26-2)22-18(25)14-5-3-4-6-15(14)20/h3-8,11H,9-10H2,1-2H3,(H,21,24). The molecule has 0 radical (unpaired) electrons. The van der Waals surface area contributed by atoms with Gasteiger partial charge in [0, 0.05) is 30.7 Å². The van der Waals surface area contributed by atoms with E-state index in [0.717, 1.165) is 10.2 Å². The lowest BCUT2D eigenvalue weighted by atomic mass is 10.2. The van der Waals surface area contributed by atoms with Crippen molar-refractivity contribution in [2.75, 3.05) is 19.0 Å². The number of halogens is 1. The van der Waals surface area contributed by atoms with Crippen LogP contribution in [-0.4, -0.2) is 30.1 Å². The number of hydrogen-bond donors (Lipinski definition) is 1. The van der Waals surface area contributed by atoms with E-state index in [1.165, 1.54) is 18.3 Å². The topological polar surface area (TPSA) is 72.7 Å². The highest BCUT2D eigenvalue weighted by molar-refractivity contribution is 9.10. The average Bonchev–Trinajstić information content (AvgIpc) is 2.95. The fourth-order valence-corrected chi connectivity index (χ4v) is 4.17. The van der Waals surface area contributed by atoms with E-state index in [1.807, 2.05) is 34.9 Å². The number of nitrogens with one attached hydrogen (secondary N) is 1. The fraction of sp³-hybridized carbons (Fsp3) is 0.211. The third kappa shape index (κ3) is 4.52. The molecule has 0 aliphatic carbocycles. The molecule has 3 aromatic rings. The number of amides is 2. The monoisotopic (exact) mass is 447 g/mol. The van der Waals surface area contributed by atoms with Crippen molar-refractivity contribution in [1.82, 2.24) is 4.57 Å². The molecular weight excluding hydrogens is 430 g/mol. The van der Waals surface area contributed by atoms with Gasteiger partial charge in [0.25, 0.3) is 5.91 Å². The summed E-state index contributed by atoms with van der Waals surface area (Å²) in [5.74, 6) is -0.450. The van der Waals surface area contributed by atoms with Gasteiger partial charge in [0.1, 0.15) is 0 Å². The Morgan fingerprint density at radius 2 is 2.04 bits per heavy atom. The SMILES string of the molecule is COCCn1c(=NC(=O)c2ccccc2Br)sc2cc(NC(C)=O)ccc21. The number of carbonyl (C=O) groups excluding carboxylic acids is 2. The number of rotatable bonds is 5. The Kier molecular flexibility index (Phi) is 6.20. The largest absolute Gasteiger partial charge is 0.383 e. The molecule has 0 spiro atoms. The molecule has 0 unspecified atom stereocenters. The number of methoxy groups -OCH3 is 1. The number of nitrogens with zero attached hydrogens (tertiary/aromatic N) is 2. The molecule has 2 aromatic carbocycles. The van der Waals surface area contributed by atoms with Gasteiger partial charge in [-0.15, -0.1) is 0 Å². The Balaban J connectivity index is 2.10. The number of hydrogen-bond acceptors (Lipinski definition) is 4. The Hall–Kier alpha value is -2.29. The van der Waals surface area contributed by atoms with Crippen molar-refractivity contribution >= 4 is 55.0 Å². The summed E-state index contributed by atoms with van der Waals surface area (Å²) in [4.78, 5) is 28.9. The van der Waals surface area contributed by atoms with Crippen LogP contribution in [0.25, 0.3) is 10.2 Å². The zero-order chi connectivity index (χ0) is 19.4. The second-order valence-electron chi connectivity index (χ2n) is 5.79. The summed E-state index contributed by atoms with van der Waals surface area (Å²) in [6.45, 7) is 2.53. The minimum absolute atomic E-state index is 0.132. The highest BCUT2D eigenvalue weighted by Gasteiger charge is 2.12. The number of thiazole rings is 1. The van der Waals surface area contributed by atoms with Gasteiger partial charge in [-0.25, -0.2) is 0 Å². The maximum atomic E-state index is 12.7. The average molecular weight is 448 g/mol. The van der Waals surface area contributed by atoms with E-state index in [9.17, 15) is 9.59 Å². The Morgan fingerprint density at radius 3 is 2.74 bits per heavy atom. The third-order valence-corrected chi connectivity index (χ3v) is 5.56. The van der Waals surface area contributed by atoms with Crippen LogP contribution in [0.2, 0.25) is 0 Å². The van der Waals surface area contributed by atoms with Crippen LogP contribution in [-0.2, 0) is 16.1 Å². The predicted octanol–water partition coefficient (Wildman–Crippen LogP) is 3.81. The van der Waals surface area contributed by atoms with Crippen molar-refractivity contribution < 1.29 is 14.3 Å². The summed E-state index contributed by atoms with van der Waals surface area (Å²) in [6.07, 6.45) is 0. The summed E-state index contributed by atoms with van der Waals surface area (Å²) in [5.41, 5.74) is 2.15. The summed E-state index contributed by atoms with van der Waals surface area (Å²) in [5, 5.41) is 2.77. The number of carbonyl (C=O) groups is 2. The molecule has 27 heavy (non-hydrogen) atoms. The van der Waals surface area contributed by atoms with E-state index >= 15 is 0 Å². The summed E-state index contributed by atoms with van der Waals surface area (Å²) < 4.78 is 8.78. The second kappa shape index (κ2) is 8.60. The third-order valence-electron chi connectivity index (χ3n) is 3.82. The van der Waals surface area contributed by atoms with Gasteiger partial charge >= 0.3 is 0 Å². The van der Waals surface area contributed by atoms with Gasteiger partial charge < -0.3 is 14.6 Å². The van der Waals surface area contributed by atoms with E-state index in [2.05, 4.69) is 26.2 Å². The van der Waals surface area contributed by atoms with E-state index in [-0.39, 0.29) is 11.8 Å². The first-order chi connectivity index (χ1) is 13.0. The van der Waals surface area contributed by atoms with Gasteiger partial charge in [-0.3, -0.25) is 9.59 Å². The van der Waals surface area contributed by atoms with Crippen molar-refractivity contribution in [3.63, 3.8) is 0 Å². The van der Waals surface area contributed by atoms with Gasteiger partial charge in [-0.2, -0.15) is 4.99 Å². The zero-order valence-corrected chi connectivity index (χ0v) is 17.3. The van der Waals surface area contributed by atoms with Crippen molar-refractivity contribution in [2.24, 2.45) is 4.99 Å². The Morgan fingerprint density at radius 1 is 1.26 bits per heavy atom. The van der Waals surface area contributed by atoms with Gasteiger partial charge in [0.15, 0.2) is 4.80 Å². The lowest BCUT2D eigenvalue weighted by Gasteiger charge is -2.06. The molecule has 1 aromatic heterocycles. The fourth-order valence-electron chi connectivity index (χ4n) is 2.62. The molecule has 3 rings (SSSR count). The molecule has 0 aliphatic rings. The van der Waals surface area contributed by atoms with E-state index < -0.39 is 0 Å². The van der Waals surface area contributed by atoms with Crippen LogP contribution in [0.1, 0.15) is 17.3 Å². The molecule has 6 nitrogen and oxygen atoms in total. The van der Waals surface area contributed by atoms with Crippen molar-refractivity contribution in [3.05, 3.63) is 57.3 Å². The number of ether oxygens (including phenoxy) is 1. The molecule has 0 fully saturated rings. The maximum Gasteiger partial charge on any atom is 0.280 e. The minimum atomic E-state index is -0.317. The van der Waals surface area contributed by atoms with E-state index in [0.29, 0.717) is 33.7 Å². The molecule has 0 atom stereocenters. The summed E-state index contributed by atoms with van der Waals surface area (Å²) in [7, 11) is 1.63. The zero-order valence-electron chi connectivity index (χ0n) is 14.9. The summed E-state index contributed by atoms with van der Waals surface area (Å²) in [6, 6.07) is 12.8. The molecule has 8 heteroatoms. The van der Waals surface area contributed by atoms with Crippen LogP contribution >= 0.6 is 27.3 Å². The van der Waals surface area contributed by atoms with Crippen LogP contribution in [0.3, 0.4) is 0 Å². The molecule has 2 amide bonds. The van der Waals surface area contributed by atoms with Crippen LogP contribution in [0.4, 0.5) is 5.69 Å². The second-order valence-corrected chi connectivity index (χ2v) is 7.65. The van der Waals surface area contributed by atoms with Crippen molar-refractivity contribution in [2.45, 2.75) is 13.5 Å². The molecule has 1 N–H and O–H groups in total. The van der Waals surface area contributed by atoms with Crippen molar-refractivity contribution in [1.29, 1.82) is 0 Å².